The van der Waals surface area contributed by atoms with Gasteiger partial charge in [0.1, 0.15) is 10.4 Å². The summed E-state index contributed by atoms with van der Waals surface area (Å²) in [5.41, 5.74) is 1.90. The minimum atomic E-state index is -4.40. The van der Waals surface area contributed by atoms with Crippen molar-refractivity contribution in [1.29, 1.82) is 0 Å². The number of hydrogen-bond acceptors (Lipinski definition) is 6. The molecule has 0 saturated heterocycles. The van der Waals surface area contributed by atoms with E-state index in [1.54, 1.807) is 16.8 Å². The van der Waals surface area contributed by atoms with Gasteiger partial charge in [-0.1, -0.05) is 52.9 Å². The number of nitrogens with zero attached hydrogens (tertiary/aromatic N) is 5. The molecule has 6 nitrogen and oxygen atoms in total. The average molecular weight is 477 g/mol. The third-order valence-corrected chi connectivity index (χ3v) is 6.37. The number of aryl methyl sites for hydroxylation is 2. The van der Waals surface area contributed by atoms with E-state index < -0.39 is 11.7 Å². The number of aromatic nitrogens is 2. The van der Waals surface area contributed by atoms with Gasteiger partial charge in [0, 0.05) is 5.69 Å². The van der Waals surface area contributed by atoms with E-state index in [9.17, 15) is 13.2 Å². The highest BCUT2D eigenvalue weighted by Gasteiger charge is 2.32. The lowest BCUT2D eigenvalue weighted by Crippen LogP contribution is -2.32. The summed E-state index contributed by atoms with van der Waals surface area (Å²) in [4.78, 5) is 4.59. The summed E-state index contributed by atoms with van der Waals surface area (Å²) < 4.78 is 38.8. The topological polar surface area (TPSA) is 65.8 Å². The molecule has 0 amide bonds. The minimum Gasteiger partial charge on any atom is -0.324 e. The lowest BCUT2D eigenvalue weighted by molar-refractivity contribution is -0.137. The standard InChI is InChI=1S/C21H19F3N6S2/c1-12-4-6-15(7-5-12)18-30(29-14(3)31-18)19(26-20-28-27-13(2)32-20)25-17-10-8-16(9-11-17)21(22,23)24/h4-11,18H,1-3H3,(H,25,26,28). The summed E-state index contributed by atoms with van der Waals surface area (Å²) >= 11 is 2.88. The van der Waals surface area contributed by atoms with Crippen molar-refractivity contribution >= 4 is 44.9 Å². The molecular weight excluding hydrogens is 457 g/mol. The molecule has 32 heavy (non-hydrogen) atoms. The van der Waals surface area contributed by atoms with E-state index in [0.29, 0.717) is 16.8 Å². The van der Waals surface area contributed by atoms with Crippen LogP contribution in [-0.2, 0) is 6.18 Å². The van der Waals surface area contributed by atoms with Crippen LogP contribution in [0.25, 0.3) is 0 Å². The minimum absolute atomic E-state index is 0.190. The Morgan fingerprint density at radius 3 is 2.28 bits per heavy atom. The molecule has 1 aliphatic rings. The molecule has 1 aliphatic heterocycles. The monoisotopic (exact) mass is 476 g/mol. The third-order valence-electron chi connectivity index (χ3n) is 4.52. The quantitative estimate of drug-likeness (QED) is 0.352. The van der Waals surface area contributed by atoms with Crippen molar-refractivity contribution in [2.24, 2.45) is 10.1 Å². The summed E-state index contributed by atoms with van der Waals surface area (Å²) in [7, 11) is 0. The summed E-state index contributed by atoms with van der Waals surface area (Å²) in [5.74, 6) is 0.343. The second-order valence-corrected chi connectivity index (χ2v) is 9.52. The molecule has 0 fully saturated rings. The SMILES string of the molecule is CC1=NN(/C(=N/c2nnc(C)s2)Nc2ccc(C(F)(F)F)cc2)C(c2ccc(C)cc2)S1. The van der Waals surface area contributed by atoms with Gasteiger partial charge in [0.25, 0.3) is 0 Å². The lowest BCUT2D eigenvalue weighted by Gasteiger charge is -2.25. The van der Waals surface area contributed by atoms with Crippen molar-refractivity contribution in [3.8, 4) is 0 Å². The van der Waals surface area contributed by atoms with E-state index in [1.807, 2.05) is 45.0 Å². The van der Waals surface area contributed by atoms with Gasteiger partial charge in [0.15, 0.2) is 0 Å². The number of hydrogen-bond donors (Lipinski definition) is 1. The smallest absolute Gasteiger partial charge is 0.324 e. The number of halogens is 3. The maximum Gasteiger partial charge on any atom is 0.416 e. The fourth-order valence-electron chi connectivity index (χ4n) is 2.97. The molecular formula is C21H19F3N6S2. The van der Waals surface area contributed by atoms with Crippen LogP contribution in [-0.4, -0.2) is 26.2 Å². The highest BCUT2D eigenvalue weighted by atomic mass is 32.2. The molecule has 2 aromatic carbocycles. The molecule has 0 spiro atoms. The van der Waals surface area contributed by atoms with E-state index in [0.717, 1.165) is 33.3 Å². The van der Waals surface area contributed by atoms with E-state index in [1.165, 1.54) is 23.5 Å². The van der Waals surface area contributed by atoms with E-state index in [-0.39, 0.29) is 5.37 Å². The number of anilines is 1. The van der Waals surface area contributed by atoms with Gasteiger partial charge in [0.05, 0.1) is 10.6 Å². The van der Waals surface area contributed by atoms with Gasteiger partial charge in [0.2, 0.25) is 11.1 Å². The van der Waals surface area contributed by atoms with Gasteiger partial charge in [-0.3, -0.25) is 0 Å². The Morgan fingerprint density at radius 1 is 1.00 bits per heavy atom. The first-order chi connectivity index (χ1) is 15.2. The molecule has 1 atom stereocenters. The van der Waals surface area contributed by atoms with E-state index in [4.69, 9.17) is 0 Å². The Labute approximate surface area is 191 Å². The van der Waals surface area contributed by atoms with Gasteiger partial charge >= 0.3 is 6.18 Å². The Hall–Kier alpha value is -2.92. The molecule has 0 bridgehead atoms. The number of alkyl halides is 3. The first kappa shape index (κ1) is 22.3. The van der Waals surface area contributed by atoms with Crippen LogP contribution in [0.5, 0.6) is 0 Å². The molecule has 3 aromatic rings. The summed E-state index contributed by atoms with van der Waals surface area (Å²) in [6.07, 6.45) is -4.40. The largest absolute Gasteiger partial charge is 0.416 e. The lowest BCUT2D eigenvalue weighted by atomic mass is 10.1. The Morgan fingerprint density at radius 2 is 1.69 bits per heavy atom. The van der Waals surface area contributed by atoms with Crippen LogP contribution in [0.15, 0.2) is 58.6 Å². The second-order valence-electron chi connectivity index (χ2n) is 7.08. The first-order valence-electron chi connectivity index (χ1n) is 9.60. The first-order valence-corrected chi connectivity index (χ1v) is 11.3. The number of aliphatic imine (C=N–C) groups is 1. The average Bonchev–Trinajstić information content (AvgIpc) is 3.33. The van der Waals surface area contributed by atoms with Gasteiger partial charge in [-0.05, 0) is 50.6 Å². The van der Waals surface area contributed by atoms with Crippen molar-refractivity contribution in [3.05, 3.63) is 70.2 Å². The van der Waals surface area contributed by atoms with Crippen LogP contribution < -0.4 is 5.32 Å². The summed E-state index contributed by atoms with van der Waals surface area (Å²) in [6, 6.07) is 12.9. The fraction of sp³-hybridized carbons (Fsp3) is 0.238. The van der Waals surface area contributed by atoms with Crippen molar-refractivity contribution in [2.75, 3.05) is 5.32 Å². The number of guanidine groups is 1. The zero-order chi connectivity index (χ0) is 22.9. The highest BCUT2D eigenvalue weighted by molar-refractivity contribution is 8.14. The van der Waals surface area contributed by atoms with Crippen LogP contribution in [0.3, 0.4) is 0 Å². The second kappa shape index (κ2) is 8.91. The molecule has 11 heteroatoms. The van der Waals surface area contributed by atoms with Gasteiger partial charge in [-0.25, -0.2) is 5.01 Å². The molecule has 1 unspecified atom stereocenters. The number of rotatable bonds is 3. The maximum absolute atomic E-state index is 12.9. The highest BCUT2D eigenvalue weighted by Crippen LogP contribution is 2.40. The Balaban J connectivity index is 1.70. The summed E-state index contributed by atoms with van der Waals surface area (Å²) in [5, 5.41) is 19.3. The van der Waals surface area contributed by atoms with Gasteiger partial charge in [-0.15, -0.1) is 10.2 Å². The third kappa shape index (κ3) is 5.10. The number of benzene rings is 2. The molecule has 1 N–H and O–H groups in total. The van der Waals surface area contributed by atoms with Crippen LogP contribution >= 0.6 is 23.1 Å². The van der Waals surface area contributed by atoms with Crippen molar-refractivity contribution < 1.29 is 13.2 Å². The van der Waals surface area contributed by atoms with E-state index >= 15 is 0 Å². The molecule has 0 aliphatic carbocycles. The Bertz CT molecular complexity index is 1150. The fourth-order valence-corrected chi connectivity index (χ4v) is 4.53. The van der Waals surface area contributed by atoms with Crippen LogP contribution in [0.1, 0.15) is 34.0 Å². The predicted molar refractivity (Wildman–Crippen MR) is 123 cm³/mol. The van der Waals surface area contributed by atoms with Gasteiger partial charge in [-0.2, -0.15) is 23.3 Å². The molecule has 166 valence electrons. The van der Waals surface area contributed by atoms with E-state index in [2.05, 4.69) is 25.6 Å². The molecule has 0 saturated carbocycles. The maximum atomic E-state index is 12.9. The number of hydrazone groups is 1. The van der Waals surface area contributed by atoms with Crippen molar-refractivity contribution in [3.63, 3.8) is 0 Å². The molecule has 0 radical (unpaired) electrons. The zero-order valence-corrected chi connectivity index (χ0v) is 19.0. The predicted octanol–water partition coefficient (Wildman–Crippen LogP) is 6.35. The molecule has 1 aromatic heterocycles. The molecule has 2 heterocycles. The number of nitrogens with one attached hydrogen (secondary N) is 1. The Kier molecular flexibility index (Phi) is 6.20. The summed E-state index contributed by atoms with van der Waals surface area (Å²) in [6.45, 7) is 5.74. The number of thioether (sulfide) groups is 1. The van der Waals surface area contributed by atoms with Crippen LogP contribution in [0.2, 0.25) is 0 Å². The van der Waals surface area contributed by atoms with Gasteiger partial charge < -0.3 is 5.32 Å². The van der Waals surface area contributed by atoms with Crippen molar-refractivity contribution in [1.82, 2.24) is 15.2 Å². The van der Waals surface area contributed by atoms with Crippen molar-refractivity contribution in [2.45, 2.75) is 32.3 Å². The zero-order valence-electron chi connectivity index (χ0n) is 17.4. The van der Waals surface area contributed by atoms with Crippen LogP contribution in [0.4, 0.5) is 24.0 Å². The normalized spacial score (nSPS) is 16.9. The molecule has 4 rings (SSSR count). The van der Waals surface area contributed by atoms with Crippen LogP contribution in [0, 0.1) is 13.8 Å².